The highest BCUT2D eigenvalue weighted by molar-refractivity contribution is 5.94. The molecule has 160 valence electrons. The Morgan fingerprint density at radius 1 is 1.10 bits per heavy atom. The zero-order valence-electron chi connectivity index (χ0n) is 19.5. The summed E-state index contributed by atoms with van der Waals surface area (Å²) < 4.78 is 0. The maximum atomic E-state index is 5.03. The average molecular weight is 396 g/mol. The van der Waals surface area contributed by atoms with Gasteiger partial charge in [0, 0.05) is 29.9 Å². The molecule has 0 N–H and O–H groups in total. The first-order valence-electron chi connectivity index (χ1n) is 10.9. The Kier molecular flexibility index (Phi) is 10.8. The predicted molar refractivity (Wildman–Crippen MR) is 131 cm³/mol. The number of rotatable bonds is 10. The Morgan fingerprint density at radius 2 is 1.79 bits per heavy atom. The second-order valence-corrected chi connectivity index (χ2v) is 7.95. The van der Waals surface area contributed by atoms with Gasteiger partial charge in [-0.3, -0.25) is 14.9 Å². The van der Waals surface area contributed by atoms with Crippen LogP contribution < -0.4 is 0 Å². The molecular weight excluding hydrogens is 354 g/mol. The van der Waals surface area contributed by atoms with Crippen LogP contribution >= 0.6 is 0 Å². The van der Waals surface area contributed by atoms with Crippen molar-refractivity contribution in [3.63, 3.8) is 0 Å². The molecule has 1 aliphatic heterocycles. The molecule has 0 aromatic heterocycles. The molecule has 1 heterocycles. The molecule has 0 aliphatic carbocycles. The fourth-order valence-corrected chi connectivity index (χ4v) is 3.93. The van der Waals surface area contributed by atoms with Crippen LogP contribution in [0.15, 0.2) is 70.9 Å². The van der Waals surface area contributed by atoms with Crippen molar-refractivity contribution < 1.29 is 0 Å². The van der Waals surface area contributed by atoms with Gasteiger partial charge in [-0.15, -0.1) is 6.58 Å². The van der Waals surface area contributed by atoms with Crippen LogP contribution in [0, 0.1) is 5.92 Å². The molecule has 0 aromatic carbocycles. The summed E-state index contributed by atoms with van der Waals surface area (Å²) in [6.07, 6.45) is 11.1. The standard InChI is InChI=1S/C26H41N3/c1-10-15-20(7)25(19(6)11-2)27-21(8)18-29-17-16-23(12-3)26(22(29)9)28-24(13-4)14-5/h11-13,15,22-23,26H,2-4,10,14,16-18H2,1,5-9H3/b20-15-,25-19+,27-21?,28-24?. The van der Waals surface area contributed by atoms with Gasteiger partial charge in [0.2, 0.25) is 0 Å². The molecule has 0 bridgehead atoms. The SMILES string of the molecule is C=CC(CC)=NC1C(C=C)CCN(CC(C)=NC(/C(C)=C\CC)=C(\C)C=C)C1C. The van der Waals surface area contributed by atoms with Crippen LogP contribution in [-0.2, 0) is 0 Å². The van der Waals surface area contributed by atoms with Gasteiger partial charge >= 0.3 is 0 Å². The van der Waals surface area contributed by atoms with Crippen LogP contribution in [0.5, 0.6) is 0 Å². The topological polar surface area (TPSA) is 28.0 Å². The first-order valence-corrected chi connectivity index (χ1v) is 10.9. The summed E-state index contributed by atoms with van der Waals surface area (Å²) in [6.45, 7) is 26.7. The van der Waals surface area contributed by atoms with Crippen molar-refractivity contribution in [2.75, 3.05) is 13.1 Å². The molecule has 1 saturated heterocycles. The molecule has 3 unspecified atom stereocenters. The number of piperidine rings is 1. The minimum atomic E-state index is 0.216. The van der Waals surface area contributed by atoms with E-state index in [0.29, 0.717) is 12.0 Å². The number of likely N-dealkylation sites (tertiary alicyclic amines) is 1. The lowest BCUT2D eigenvalue weighted by atomic mass is 9.86. The number of aliphatic imine (C=N–C) groups is 2. The van der Waals surface area contributed by atoms with E-state index >= 15 is 0 Å². The van der Waals surface area contributed by atoms with Crippen LogP contribution in [0.4, 0.5) is 0 Å². The first-order chi connectivity index (χ1) is 13.8. The maximum Gasteiger partial charge on any atom is 0.0718 e. The summed E-state index contributed by atoms with van der Waals surface area (Å²) in [5.74, 6) is 0.410. The fraction of sp³-hybridized carbons (Fsp3) is 0.538. The molecule has 3 nitrogen and oxygen atoms in total. The molecule has 0 amide bonds. The Balaban J connectivity index is 3.12. The average Bonchev–Trinajstić information content (AvgIpc) is 2.72. The smallest absolute Gasteiger partial charge is 0.0718 e. The maximum absolute atomic E-state index is 5.03. The van der Waals surface area contributed by atoms with Crippen molar-refractivity contribution in [2.45, 2.75) is 72.9 Å². The number of hydrogen-bond acceptors (Lipinski definition) is 3. The van der Waals surface area contributed by atoms with E-state index in [0.717, 1.165) is 55.0 Å². The minimum Gasteiger partial charge on any atom is -0.293 e. The van der Waals surface area contributed by atoms with E-state index in [-0.39, 0.29) is 6.04 Å². The molecule has 0 spiro atoms. The highest BCUT2D eigenvalue weighted by atomic mass is 15.2. The molecule has 1 aliphatic rings. The van der Waals surface area contributed by atoms with Gasteiger partial charge in [-0.05, 0) is 70.7 Å². The van der Waals surface area contributed by atoms with Gasteiger partial charge in [-0.1, -0.05) is 45.2 Å². The van der Waals surface area contributed by atoms with Crippen LogP contribution in [0.25, 0.3) is 0 Å². The van der Waals surface area contributed by atoms with Crippen molar-refractivity contribution in [3.05, 3.63) is 60.9 Å². The van der Waals surface area contributed by atoms with Crippen molar-refractivity contribution in [1.82, 2.24) is 4.90 Å². The number of hydrogen-bond donors (Lipinski definition) is 0. The fourth-order valence-electron chi connectivity index (χ4n) is 3.93. The lowest BCUT2D eigenvalue weighted by Crippen LogP contribution is -2.51. The summed E-state index contributed by atoms with van der Waals surface area (Å²) >= 11 is 0. The quantitative estimate of drug-likeness (QED) is 0.234. The van der Waals surface area contributed by atoms with E-state index in [9.17, 15) is 0 Å². The Hall–Kier alpha value is -2.00. The zero-order valence-corrected chi connectivity index (χ0v) is 19.5. The minimum absolute atomic E-state index is 0.216. The van der Waals surface area contributed by atoms with Gasteiger partial charge in [0.25, 0.3) is 0 Å². The monoisotopic (exact) mass is 395 g/mol. The predicted octanol–water partition coefficient (Wildman–Crippen LogP) is 6.57. The van der Waals surface area contributed by atoms with Crippen LogP contribution in [-0.4, -0.2) is 41.5 Å². The summed E-state index contributed by atoms with van der Waals surface area (Å²) in [5.41, 5.74) is 5.57. The molecule has 29 heavy (non-hydrogen) atoms. The Labute approximate surface area is 179 Å². The van der Waals surface area contributed by atoms with Crippen LogP contribution in [0.2, 0.25) is 0 Å². The van der Waals surface area contributed by atoms with E-state index < -0.39 is 0 Å². The number of allylic oxidation sites excluding steroid dienone is 5. The van der Waals surface area contributed by atoms with Crippen molar-refractivity contribution in [3.8, 4) is 0 Å². The third kappa shape index (κ3) is 7.08. The molecule has 3 heteroatoms. The second kappa shape index (κ2) is 12.5. The van der Waals surface area contributed by atoms with E-state index in [2.05, 4.69) is 78.3 Å². The van der Waals surface area contributed by atoms with Gasteiger partial charge in [-0.25, -0.2) is 0 Å². The van der Waals surface area contributed by atoms with Crippen molar-refractivity contribution >= 4 is 11.4 Å². The summed E-state index contributed by atoms with van der Waals surface area (Å²) in [4.78, 5) is 12.5. The lowest BCUT2D eigenvalue weighted by Gasteiger charge is -2.41. The molecule has 1 fully saturated rings. The molecular formula is C26H41N3. The van der Waals surface area contributed by atoms with Gasteiger partial charge in [-0.2, -0.15) is 0 Å². The summed E-state index contributed by atoms with van der Waals surface area (Å²) in [7, 11) is 0. The highest BCUT2D eigenvalue weighted by Gasteiger charge is 2.34. The summed E-state index contributed by atoms with van der Waals surface area (Å²) in [5, 5.41) is 0. The van der Waals surface area contributed by atoms with Gasteiger partial charge in [0.15, 0.2) is 0 Å². The van der Waals surface area contributed by atoms with Gasteiger partial charge < -0.3 is 0 Å². The van der Waals surface area contributed by atoms with E-state index in [1.807, 2.05) is 12.2 Å². The molecule has 0 radical (unpaired) electrons. The van der Waals surface area contributed by atoms with E-state index in [4.69, 9.17) is 9.98 Å². The molecule has 0 saturated carbocycles. The Bertz CT molecular complexity index is 705. The van der Waals surface area contributed by atoms with E-state index in [1.165, 1.54) is 5.57 Å². The third-order valence-corrected chi connectivity index (χ3v) is 5.77. The first kappa shape index (κ1) is 25.0. The van der Waals surface area contributed by atoms with Gasteiger partial charge in [0.05, 0.1) is 11.7 Å². The molecule has 1 rings (SSSR count). The zero-order chi connectivity index (χ0) is 22.0. The summed E-state index contributed by atoms with van der Waals surface area (Å²) in [6, 6.07) is 0.548. The molecule has 3 atom stereocenters. The van der Waals surface area contributed by atoms with Crippen molar-refractivity contribution in [2.24, 2.45) is 15.9 Å². The van der Waals surface area contributed by atoms with Crippen LogP contribution in [0.3, 0.4) is 0 Å². The normalized spacial score (nSPS) is 25.4. The second-order valence-electron chi connectivity index (χ2n) is 7.95. The van der Waals surface area contributed by atoms with Crippen LogP contribution in [0.1, 0.15) is 60.8 Å². The highest BCUT2D eigenvalue weighted by Crippen LogP contribution is 2.28. The van der Waals surface area contributed by atoms with E-state index in [1.54, 1.807) is 0 Å². The lowest BCUT2D eigenvalue weighted by molar-refractivity contribution is 0.135. The van der Waals surface area contributed by atoms with Gasteiger partial charge in [0.1, 0.15) is 0 Å². The largest absolute Gasteiger partial charge is 0.293 e. The Morgan fingerprint density at radius 3 is 2.31 bits per heavy atom. The number of nitrogens with zero attached hydrogens (tertiary/aromatic N) is 3. The third-order valence-electron chi connectivity index (χ3n) is 5.77. The van der Waals surface area contributed by atoms with Crippen molar-refractivity contribution in [1.29, 1.82) is 0 Å². The molecule has 0 aromatic rings.